The van der Waals surface area contributed by atoms with Gasteiger partial charge < -0.3 is 14.6 Å². The van der Waals surface area contributed by atoms with Crippen molar-refractivity contribution in [3.05, 3.63) is 11.3 Å². The van der Waals surface area contributed by atoms with Gasteiger partial charge in [0.2, 0.25) is 5.95 Å². The lowest BCUT2D eigenvalue weighted by molar-refractivity contribution is -0.117. The minimum Gasteiger partial charge on any atom is -0.356 e. The van der Waals surface area contributed by atoms with Crippen LogP contribution in [0.15, 0.2) is 0 Å². The predicted octanol–water partition coefficient (Wildman–Crippen LogP) is 2.72. The van der Waals surface area contributed by atoms with Gasteiger partial charge in [-0.25, -0.2) is 9.37 Å². The van der Waals surface area contributed by atoms with Crippen LogP contribution >= 0.6 is 0 Å². The van der Waals surface area contributed by atoms with E-state index in [0.29, 0.717) is 35.6 Å². The van der Waals surface area contributed by atoms with Gasteiger partial charge in [-0.2, -0.15) is 13.8 Å². The van der Waals surface area contributed by atoms with Crippen LogP contribution in [0.1, 0.15) is 37.9 Å². The third kappa shape index (κ3) is 2.55. The van der Waals surface area contributed by atoms with Crippen molar-refractivity contribution in [2.45, 2.75) is 51.2 Å². The summed E-state index contributed by atoms with van der Waals surface area (Å²) in [4.78, 5) is 23.9. The summed E-state index contributed by atoms with van der Waals surface area (Å²) in [5.74, 6) is -0.616. The monoisotopic (exact) mass is 380 g/mol. The second-order valence-electron chi connectivity index (χ2n) is 8.59. The summed E-state index contributed by atoms with van der Waals surface area (Å²) < 4.78 is 42.4. The standard InChI is InChI=1S/C19H23F3N4O/c1-9(27)5-12-13-6-25(7-14(12)13)17-11-3-4-19(21,22)16(11)23-18(24-17)26-8-15(20)10(26)2/h10,12-15H,3-8H2,1-2H3/t10-,12?,13-,14+,15?/m0/s1. The molecule has 0 radical (unpaired) electrons. The first-order chi connectivity index (χ1) is 12.8. The van der Waals surface area contributed by atoms with E-state index in [1.807, 2.05) is 0 Å². The highest BCUT2D eigenvalue weighted by Crippen LogP contribution is 2.55. The maximum absolute atomic E-state index is 14.4. The van der Waals surface area contributed by atoms with Crippen LogP contribution in [0.5, 0.6) is 0 Å². The van der Waals surface area contributed by atoms with Crippen LogP contribution in [0.3, 0.4) is 0 Å². The van der Waals surface area contributed by atoms with Crippen molar-refractivity contribution in [3.8, 4) is 0 Å². The summed E-state index contributed by atoms with van der Waals surface area (Å²) in [5.41, 5.74) is 0.357. The zero-order valence-corrected chi connectivity index (χ0v) is 15.5. The van der Waals surface area contributed by atoms with Crippen LogP contribution in [0.2, 0.25) is 0 Å². The number of halogens is 3. The Morgan fingerprint density at radius 2 is 1.93 bits per heavy atom. The third-order valence-electron chi connectivity index (χ3n) is 6.85. The molecule has 3 fully saturated rings. The van der Waals surface area contributed by atoms with Crippen LogP contribution in [0.25, 0.3) is 0 Å². The fourth-order valence-electron chi connectivity index (χ4n) is 5.07. The Bertz CT molecular complexity index is 804. The number of ketones is 1. The second kappa shape index (κ2) is 5.58. The molecular weight excluding hydrogens is 357 g/mol. The van der Waals surface area contributed by atoms with E-state index in [1.54, 1.807) is 18.7 Å². The van der Waals surface area contributed by atoms with E-state index in [1.165, 1.54) is 0 Å². The highest BCUT2D eigenvalue weighted by atomic mass is 19.3. The number of rotatable bonds is 4. The lowest BCUT2D eigenvalue weighted by Crippen LogP contribution is -2.57. The molecule has 1 saturated carbocycles. The number of Topliss-reactive ketones (excluding diaryl/α,β-unsaturated/α-hetero) is 1. The van der Waals surface area contributed by atoms with E-state index in [2.05, 4.69) is 14.9 Å². The van der Waals surface area contributed by atoms with Crippen molar-refractivity contribution in [2.24, 2.45) is 17.8 Å². The van der Waals surface area contributed by atoms with E-state index in [9.17, 15) is 18.0 Å². The van der Waals surface area contributed by atoms with Gasteiger partial charge in [-0.05, 0) is 38.0 Å². The number of piperidine rings is 1. The first-order valence-corrected chi connectivity index (χ1v) is 9.70. The van der Waals surface area contributed by atoms with Gasteiger partial charge in [-0.15, -0.1) is 0 Å². The van der Waals surface area contributed by atoms with Gasteiger partial charge >= 0.3 is 0 Å². The molecule has 2 saturated heterocycles. The van der Waals surface area contributed by atoms with E-state index >= 15 is 0 Å². The number of alkyl halides is 3. The quantitative estimate of drug-likeness (QED) is 0.804. The SMILES string of the molecule is CC(=O)CC1[C@H]2CN(c3nc(N4CC(F)[C@@H]4C)nc4c3CCC4(F)F)C[C@@H]12. The van der Waals surface area contributed by atoms with Crippen LogP contribution in [0.4, 0.5) is 24.9 Å². The molecule has 0 N–H and O–H groups in total. The molecule has 0 amide bonds. The van der Waals surface area contributed by atoms with Crippen LogP contribution < -0.4 is 9.80 Å². The molecule has 2 unspecified atom stereocenters. The topological polar surface area (TPSA) is 49.3 Å². The molecule has 0 aromatic carbocycles. The molecule has 146 valence electrons. The Balaban J connectivity index is 1.45. The molecular formula is C19H23F3N4O. The number of hydrogen-bond donors (Lipinski definition) is 0. The van der Waals surface area contributed by atoms with E-state index < -0.39 is 18.1 Å². The van der Waals surface area contributed by atoms with Gasteiger partial charge in [0.05, 0.1) is 12.6 Å². The molecule has 27 heavy (non-hydrogen) atoms. The fourth-order valence-corrected chi connectivity index (χ4v) is 5.07. The minimum absolute atomic E-state index is 0.150. The lowest BCUT2D eigenvalue weighted by atomic mass is 10.0. The Labute approximate surface area is 155 Å². The summed E-state index contributed by atoms with van der Waals surface area (Å²) in [7, 11) is 0. The molecule has 3 heterocycles. The first kappa shape index (κ1) is 17.3. The summed E-state index contributed by atoms with van der Waals surface area (Å²) >= 11 is 0. The molecule has 5 atom stereocenters. The van der Waals surface area contributed by atoms with Gasteiger partial charge in [0, 0.05) is 31.5 Å². The Morgan fingerprint density at radius 1 is 1.22 bits per heavy atom. The van der Waals surface area contributed by atoms with Crippen molar-refractivity contribution in [1.29, 1.82) is 0 Å². The van der Waals surface area contributed by atoms with E-state index in [4.69, 9.17) is 0 Å². The normalized spacial score (nSPS) is 35.7. The Morgan fingerprint density at radius 3 is 2.52 bits per heavy atom. The highest BCUT2D eigenvalue weighted by molar-refractivity contribution is 5.76. The fraction of sp³-hybridized carbons (Fsp3) is 0.737. The number of carbonyl (C=O) groups excluding carboxylic acids is 1. The van der Waals surface area contributed by atoms with Crippen LogP contribution in [0, 0.1) is 17.8 Å². The van der Waals surface area contributed by atoms with Gasteiger partial charge in [0.15, 0.2) is 0 Å². The molecule has 8 heteroatoms. The van der Waals surface area contributed by atoms with Gasteiger partial charge in [-0.3, -0.25) is 0 Å². The number of anilines is 2. The maximum Gasteiger partial charge on any atom is 0.290 e. The predicted molar refractivity (Wildman–Crippen MR) is 93.9 cm³/mol. The zero-order chi connectivity index (χ0) is 19.1. The Kier molecular flexibility index (Phi) is 3.56. The number of hydrogen-bond acceptors (Lipinski definition) is 5. The van der Waals surface area contributed by atoms with Crippen LogP contribution in [-0.2, 0) is 17.1 Å². The van der Waals surface area contributed by atoms with Crippen molar-refractivity contribution in [2.75, 3.05) is 29.4 Å². The average molecular weight is 380 g/mol. The van der Waals surface area contributed by atoms with Crippen molar-refractivity contribution in [1.82, 2.24) is 9.97 Å². The van der Waals surface area contributed by atoms with Gasteiger partial charge in [-0.1, -0.05) is 0 Å². The highest BCUT2D eigenvalue weighted by Gasteiger charge is 2.56. The molecule has 0 bridgehead atoms. The molecule has 4 aliphatic rings. The van der Waals surface area contributed by atoms with Gasteiger partial charge in [0.1, 0.15) is 23.5 Å². The summed E-state index contributed by atoms with van der Waals surface area (Å²) in [6.45, 7) is 4.98. The smallest absolute Gasteiger partial charge is 0.290 e. The zero-order valence-electron chi connectivity index (χ0n) is 15.5. The van der Waals surface area contributed by atoms with Gasteiger partial charge in [0.25, 0.3) is 5.92 Å². The largest absolute Gasteiger partial charge is 0.356 e. The number of fused-ring (bicyclic) bond motifs is 2. The van der Waals surface area contributed by atoms with E-state index in [0.717, 1.165) is 13.1 Å². The van der Waals surface area contributed by atoms with Crippen molar-refractivity contribution in [3.63, 3.8) is 0 Å². The van der Waals surface area contributed by atoms with Crippen molar-refractivity contribution >= 4 is 17.5 Å². The van der Waals surface area contributed by atoms with E-state index in [-0.39, 0.29) is 36.8 Å². The maximum atomic E-state index is 14.4. The lowest BCUT2D eigenvalue weighted by Gasteiger charge is -2.42. The molecule has 0 spiro atoms. The summed E-state index contributed by atoms with van der Waals surface area (Å²) in [5, 5.41) is 0. The first-order valence-electron chi connectivity index (χ1n) is 9.70. The second-order valence-corrected chi connectivity index (χ2v) is 8.59. The number of carbonyl (C=O) groups is 1. The molecule has 5 nitrogen and oxygen atoms in total. The Hall–Kier alpha value is -1.86. The number of aromatic nitrogens is 2. The molecule has 1 aromatic rings. The van der Waals surface area contributed by atoms with Crippen LogP contribution in [-0.4, -0.2) is 47.6 Å². The summed E-state index contributed by atoms with van der Waals surface area (Å²) in [6.07, 6.45) is -0.348. The van der Waals surface area contributed by atoms with Crippen molar-refractivity contribution < 1.29 is 18.0 Å². The molecule has 5 rings (SSSR count). The number of nitrogens with zero attached hydrogens (tertiary/aromatic N) is 4. The third-order valence-corrected chi connectivity index (χ3v) is 6.85. The minimum atomic E-state index is -2.95. The molecule has 2 aliphatic carbocycles. The summed E-state index contributed by atoms with van der Waals surface area (Å²) in [6, 6.07) is -0.391. The average Bonchev–Trinajstić information content (AvgIpc) is 2.96. The molecule has 2 aliphatic heterocycles. The molecule has 1 aromatic heterocycles.